The van der Waals surface area contributed by atoms with E-state index in [2.05, 4.69) is 43.9 Å². The van der Waals surface area contributed by atoms with E-state index in [9.17, 15) is 15.3 Å². The summed E-state index contributed by atoms with van der Waals surface area (Å²) in [7, 11) is 4.64. The van der Waals surface area contributed by atoms with E-state index in [1.165, 1.54) is 47.2 Å². The second-order valence-corrected chi connectivity index (χ2v) is 11.8. The van der Waals surface area contributed by atoms with E-state index in [1.807, 2.05) is 146 Å². The summed E-state index contributed by atoms with van der Waals surface area (Å²) in [6, 6.07) is 51.6. The first-order chi connectivity index (χ1) is 24.7. The second kappa shape index (κ2) is 21.3. The van der Waals surface area contributed by atoms with Gasteiger partial charge in [0.2, 0.25) is 0 Å². The van der Waals surface area contributed by atoms with Crippen molar-refractivity contribution in [1.29, 1.82) is 0 Å². The van der Waals surface area contributed by atoms with Gasteiger partial charge in [0, 0.05) is 16.7 Å². The van der Waals surface area contributed by atoms with Crippen molar-refractivity contribution >= 4 is 9.30 Å². The van der Waals surface area contributed by atoms with Gasteiger partial charge in [0.25, 0.3) is 0 Å². The molecule has 0 unspecified atom stereocenters. The molecule has 3 N–H and O–H groups in total. The number of aromatic hydroxyl groups is 3. The third kappa shape index (κ3) is 11.8. The summed E-state index contributed by atoms with van der Waals surface area (Å²) in [5, 5.41) is 28.7. The number of para-hydroxylation sites is 3. The SMILES string of the molecule is Cc1c(C)c(C)[c-](C)c1C.Oc1ccccc1-c1ccccc1.Oc1ccccc1-c1ccccc1.Oc1ccccc1-c1ccccc1.[Cl][Ti+]. The molecule has 0 fully saturated rings. The Labute approximate surface area is 319 Å². The summed E-state index contributed by atoms with van der Waals surface area (Å²) in [5.74, 6) is 0.983. The third-order valence-corrected chi connectivity index (χ3v) is 8.78. The number of phenols is 3. The molecule has 0 aromatic heterocycles. The number of benzene rings is 6. The topological polar surface area (TPSA) is 60.7 Å². The van der Waals surface area contributed by atoms with E-state index >= 15 is 0 Å². The predicted octanol–water partition coefficient (Wildman–Crippen LogP) is 12.8. The molecule has 7 aromatic rings. The number of rotatable bonds is 3. The summed E-state index contributed by atoms with van der Waals surface area (Å²) in [5.41, 5.74) is 13.1. The molecule has 0 saturated heterocycles. The Morgan fingerprint density at radius 2 is 0.588 bits per heavy atom. The fourth-order valence-corrected chi connectivity index (χ4v) is 5.41. The van der Waals surface area contributed by atoms with Crippen LogP contribution in [-0.4, -0.2) is 15.3 Å². The van der Waals surface area contributed by atoms with Crippen LogP contribution in [0.15, 0.2) is 164 Å². The van der Waals surface area contributed by atoms with Crippen molar-refractivity contribution in [3.8, 4) is 50.6 Å². The molecule has 0 aliphatic carbocycles. The summed E-state index contributed by atoms with van der Waals surface area (Å²) in [6.45, 7) is 11.0. The van der Waals surface area contributed by atoms with Crippen LogP contribution in [0, 0.1) is 34.6 Å². The fourth-order valence-electron chi connectivity index (χ4n) is 5.41. The standard InChI is InChI=1S/3C12H10O.C10H15.ClH.Ti/c3*13-12-9-5-4-8-11(12)10-6-2-1-3-7-10;1-6-7(2)9(4)10(5)8(6)3;;/h3*1-9,13H;1-5H3;1H;/q;;;-1;;+2/p-1. The van der Waals surface area contributed by atoms with Crippen LogP contribution in [0.25, 0.3) is 33.4 Å². The molecule has 258 valence electrons. The molecule has 3 nitrogen and oxygen atoms in total. The zero-order chi connectivity index (χ0) is 37.2. The van der Waals surface area contributed by atoms with Crippen LogP contribution >= 0.6 is 9.30 Å². The molecule has 0 saturated carbocycles. The summed E-state index contributed by atoms with van der Waals surface area (Å²) in [4.78, 5) is 0. The number of halogens is 1. The van der Waals surface area contributed by atoms with Gasteiger partial charge in [-0.2, -0.15) is 27.8 Å². The average Bonchev–Trinajstić information content (AvgIpc) is 3.35. The van der Waals surface area contributed by atoms with E-state index in [1.54, 1.807) is 18.2 Å². The summed E-state index contributed by atoms with van der Waals surface area (Å²) in [6.07, 6.45) is 0. The zero-order valence-corrected chi connectivity index (χ0v) is 32.1. The molecule has 0 bridgehead atoms. The Kier molecular flexibility index (Phi) is 16.9. The molecule has 0 atom stereocenters. The molecule has 0 spiro atoms. The normalized spacial score (nSPS) is 9.67. The van der Waals surface area contributed by atoms with Gasteiger partial charge in [-0.15, -0.1) is 0 Å². The first-order valence-electron chi connectivity index (χ1n) is 16.6. The van der Waals surface area contributed by atoms with Crippen molar-refractivity contribution in [2.24, 2.45) is 0 Å². The minimum atomic E-state index is 0.328. The summed E-state index contributed by atoms with van der Waals surface area (Å²) >= 11 is 1.47. The van der Waals surface area contributed by atoms with Crippen LogP contribution in [0.3, 0.4) is 0 Å². The average molecular weight is 729 g/mol. The Morgan fingerprint density at radius 3 is 0.784 bits per heavy atom. The van der Waals surface area contributed by atoms with Crippen LogP contribution in [-0.2, 0) is 19.4 Å². The van der Waals surface area contributed by atoms with Crippen molar-refractivity contribution < 1.29 is 34.7 Å². The molecule has 0 amide bonds. The Hall–Kier alpha value is -4.93. The molecule has 51 heavy (non-hydrogen) atoms. The van der Waals surface area contributed by atoms with Crippen LogP contribution < -0.4 is 0 Å². The monoisotopic (exact) mass is 728 g/mol. The maximum absolute atomic E-state index is 9.56. The molecule has 5 heteroatoms. The van der Waals surface area contributed by atoms with Gasteiger partial charge >= 0.3 is 28.7 Å². The van der Waals surface area contributed by atoms with Gasteiger partial charge in [0.1, 0.15) is 17.2 Å². The van der Waals surface area contributed by atoms with Crippen molar-refractivity contribution in [1.82, 2.24) is 0 Å². The third-order valence-electron chi connectivity index (χ3n) is 8.78. The quantitative estimate of drug-likeness (QED) is 0.125. The number of phenolic OH excluding ortho intramolecular Hbond substituents is 3. The Balaban J connectivity index is 0.000000181. The molecule has 0 radical (unpaired) electrons. The van der Waals surface area contributed by atoms with Gasteiger partial charge in [-0.3, -0.25) is 0 Å². The van der Waals surface area contributed by atoms with E-state index < -0.39 is 0 Å². The predicted molar refractivity (Wildman–Crippen MR) is 212 cm³/mol. The van der Waals surface area contributed by atoms with E-state index in [4.69, 9.17) is 0 Å². The maximum atomic E-state index is 9.56. The van der Waals surface area contributed by atoms with E-state index in [-0.39, 0.29) is 0 Å². The van der Waals surface area contributed by atoms with Gasteiger partial charge in [-0.1, -0.05) is 180 Å². The first-order valence-corrected chi connectivity index (χ1v) is 18.7. The van der Waals surface area contributed by atoms with Crippen molar-refractivity contribution in [2.45, 2.75) is 34.6 Å². The van der Waals surface area contributed by atoms with Crippen LogP contribution in [0.1, 0.15) is 27.8 Å². The van der Waals surface area contributed by atoms with Gasteiger partial charge in [0.15, 0.2) is 0 Å². The first kappa shape index (κ1) is 40.5. The molecule has 0 heterocycles. The number of hydrogen-bond acceptors (Lipinski definition) is 3. The van der Waals surface area contributed by atoms with Gasteiger partial charge in [-0.25, -0.2) is 0 Å². The van der Waals surface area contributed by atoms with Crippen molar-refractivity contribution in [2.75, 3.05) is 0 Å². The summed E-state index contributed by atoms with van der Waals surface area (Å²) < 4.78 is 0. The number of hydrogen-bond donors (Lipinski definition) is 3. The zero-order valence-electron chi connectivity index (χ0n) is 29.8. The van der Waals surface area contributed by atoms with Crippen LogP contribution in [0.2, 0.25) is 0 Å². The van der Waals surface area contributed by atoms with Gasteiger partial charge < -0.3 is 15.3 Å². The fraction of sp³-hybridized carbons (Fsp3) is 0.109. The molecule has 7 aromatic carbocycles. The molecule has 7 rings (SSSR count). The Bertz CT molecular complexity index is 1770. The molecular weight excluding hydrogens is 684 g/mol. The minimum absolute atomic E-state index is 0.328. The molecule has 0 aliphatic heterocycles. The Morgan fingerprint density at radius 1 is 0.373 bits per heavy atom. The van der Waals surface area contributed by atoms with Crippen LogP contribution in [0.4, 0.5) is 0 Å². The van der Waals surface area contributed by atoms with Gasteiger partial charge in [0.05, 0.1) is 0 Å². The molecular formula is C46H45ClO3Ti. The van der Waals surface area contributed by atoms with Crippen molar-refractivity contribution in [3.05, 3.63) is 192 Å². The second-order valence-electron chi connectivity index (χ2n) is 11.8. The van der Waals surface area contributed by atoms with Gasteiger partial charge in [-0.05, 0) is 34.9 Å². The van der Waals surface area contributed by atoms with Crippen molar-refractivity contribution in [3.63, 3.8) is 0 Å². The molecule has 0 aliphatic rings. The van der Waals surface area contributed by atoms with E-state index in [0.29, 0.717) is 17.2 Å². The van der Waals surface area contributed by atoms with Crippen LogP contribution in [0.5, 0.6) is 17.2 Å². The van der Waals surface area contributed by atoms with E-state index in [0.717, 1.165) is 33.4 Å².